The molecular weight excluding hydrogens is 352 g/mol. The van der Waals surface area contributed by atoms with Crippen molar-refractivity contribution in [2.45, 2.75) is 52.5 Å². The van der Waals surface area contributed by atoms with Crippen molar-refractivity contribution in [3.63, 3.8) is 0 Å². The fourth-order valence-electron chi connectivity index (χ4n) is 3.70. The Bertz CT molecular complexity index is 885. The van der Waals surface area contributed by atoms with Crippen LogP contribution in [0.25, 0.3) is 0 Å². The van der Waals surface area contributed by atoms with Crippen LogP contribution in [0.4, 0.5) is 17.1 Å². The number of carbonyl (C=O) groups excluding carboxylic acids is 2. The van der Waals surface area contributed by atoms with E-state index in [2.05, 4.69) is 25.2 Å². The van der Waals surface area contributed by atoms with Gasteiger partial charge in [-0.2, -0.15) is 0 Å². The molecule has 0 unspecified atom stereocenters. The molecule has 148 valence electrons. The number of hydrogen-bond donors (Lipinski definition) is 1. The number of rotatable bonds is 5. The van der Waals surface area contributed by atoms with Crippen molar-refractivity contribution in [2.75, 3.05) is 16.8 Å². The molecule has 28 heavy (non-hydrogen) atoms. The molecule has 0 atom stereocenters. The van der Waals surface area contributed by atoms with E-state index in [1.807, 2.05) is 43.0 Å². The summed E-state index contributed by atoms with van der Waals surface area (Å²) in [6, 6.07) is 13.5. The second-order valence-electron chi connectivity index (χ2n) is 8.07. The van der Waals surface area contributed by atoms with Crippen LogP contribution in [-0.4, -0.2) is 24.5 Å². The number of esters is 1. The molecule has 1 amide bonds. The van der Waals surface area contributed by atoms with Crippen LogP contribution in [0.1, 0.15) is 57.0 Å². The van der Waals surface area contributed by atoms with Crippen LogP contribution in [0.3, 0.4) is 0 Å². The minimum atomic E-state index is -0.317. The molecule has 5 nitrogen and oxygen atoms in total. The summed E-state index contributed by atoms with van der Waals surface area (Å²) in [5.74, 6) is -0.147. The summed E-state index contributed by atoms with van der Waals surface area (Å²) in [5, 5.41) is 3.39. The van der Waals surface area contributed by atoms with Crippen LogP contribution in [-0.2, 0) is 14.9 Å². The van der Waals surface area contributed by atoms with E-state index in [0.717, 1.165) is 22.6 Å². The summed E-state index contributed by atoms with van der Waals surface area (Å²) >= 11 is 0. The Balaban J connectivity index is 1.87. The number of nitrogens with zero attached hydrogens (tertiary/aromatic N) is 1. The van der Waals surface area contributed by atoms with E-state index in [1.165, 1.54) is 0 Å². The average molecular weight is 380 g/mol. The van der Waals surface area contributed by atoms with Gasteiger partial charge < -0.3 is 15.0 Å². The first kappa shape index (κ1) is 19.9. The smallest absolute Gasteiger partial charge is 0.338 e. The number of benzene rings is 2. The van der Waals surface area contributed by atoms with Crippen molar-refractivity contribution in [3.8, 4) is 0 Å². The minimum Gasteiger partial charge on any atom is -0.462 e. The van der Waals surface area contributed by atoms with Crippen LogP contribution in [0.2, 0.25) is 0 Å². The van der Waals surface area contributed by atoms with Gasteiger partial charge in [0, 0.05) is 34.9 Å². The van der Waals surface area contributed by atoms with Crippen molar-refractivity contribution >= 4 is 28.9 Å². The number of nitrogens with one attached hydrogen (secondary N) is 1. The highest BCUT2D eigenvalue weighted by molar-refractivity contribution is 5.98. The van der Waals surface area contributed by atoms with E-state index in [4.69, 9.17) is 4.74 Å². The van der Waals surface area contributed by atoms with Gasteiger partial charge in [0.1, 0.15) is 0 Å². The van der Waals surface area contributed by atoms with Gasteiger partial charge >= 0.3 is 5.97 Å². The molecule has 1 aliphatic heterocycles. The van der Waals surface area contributed by atoms with Gasteiger partial charge in [0.2, 0.25) is 5.91 Å². The van der Waals surface area contributed by atoms with Gasteiger partial charge in [0.15, 0.2) is 0 Å². The Hall–Kier alpha value is -2.82. The number of carbonyl (C=O) groups is 2. The number of fused-ring (bicyclic) bond motifs is 1. The zero-order chi connectivity index (χ0) is 20.5. The molecule has 2 aromatic rings. The Kier molecular flexibility index (Phi) is 5.45. The predicted octanol–water partition coefficient (Wildman–Crippen LogP) is 5.03. The number of hydrogen-bond acceptors (Lipinski definition) is 4. The average Bonchev–Trinajstić information content (AvgIpc) is 2.62. The van der Waals surface area contributed by atoms with Crippen molar-refractivity contribution in [2.24, 2.45) is 0 Å². The third-order valence-corrected chi connectivity index (χ3v) is 5.05. The third kappa shape index (κ3) is 3.88. The Morgan fingerprint density at radius 3 is 2.39 bits per heavy atom. The van der Waals surface area contributed by atoms with Gasteiger partial charge in [-0.3, -0.25) is 4.79 Å². The molecule has 1 heterocycles. The molecule has 0 saturated carbocycles. The van der Waals surface area contributed by atoms with E-state index in [9.17, 15) is 9.59 Å². The summed E-state index contributed by atoms with van der Waals surface area (Å²) < 4.78 is 5.02. The van der Waals surface area contributed by atoms with E-state index < -0.39 is 0 Å². The van der Waals surface area contributed by atoms with E-state index >= 15 is 0 Å². The fraction of sp³-hybridized carbons (Fsp3) is 0.391. The van der Waals surface area contributed by atoms with Crippen LogP contribution in [0.15, 0.2) is 42.5 Å². The molecule has 0 aliphatic carbocycles. The fourth-order valence-corrected chi connectivity index (χ4v) is 3.70. The first-order chi connectivity index (χ1) is 13.2. The largest absolute Gasteiger partial charge is 0.462 e. The quantitative estimate of drug-likeness (QED) is 0.739. The number of anilines is 3. The summed E-state index contributed by atoms with van der Waals surface area (Å²) in [4.78, 5) is 26.3. The molecule has 0 saturated heterocycles. The van der Waals surface area contributed by atoms with Gasteiger partial charge in [-0.25, -0.2) is 4.79 Å². The Morgan fingerprint density at radius 2 is 1.79 bits per heavy atom. The number of amides is 1. The number of ether oxygens (including phenoxy) is 1. The van der Waals surface area contributed by atoms with Gasteiger partial charge in [-0.05, 0) is 68.8 Å². The summed E-state index contributed by atoms with van der Waals surface area (Å²) in [6.45, 7) is 10.5. The molecule has 0 fully saturated rings. The first-order valence-electron chi connectivity index (χ1n) is 9.73. The van der Waals surface area contributed by atoms with Crippen molar-refractivity contribution in [1.82, 2.24) is 0 Å². The molecule has 0 aromatic heterocycles. The topological polar surface area (TPSA) is 58.6 Å². The van der Waals surface area contributed by atoms with Crippen molar-refractivity contribution < 1.29 is 14.3 Å². The zero-order valence-electron chi connectivity index (χ0n) is 17.2. The third-order valence-electron chi connectivity index (χ3n) is 5.05. The standard InChI is InChI=1S/C23H28N2O3/c1-6-28-22(27)16-7-9-17(10-8-16)24-18-11-12-20-19(13-18)23(4,5)14-21(26)25(20)15(2)3/h7-13,15,24H,6,14H2,1-5H3. The van der Waals surface area contributed by atoms with Crippen molar-refractivity contribution in [1.29, 1.82) is 0 Å². The maximum Gasteiger partial charge on any atom is 0.338 e. The SMILES string of the molecule is CCOC(=O)c1ccc(Nc2ccc3c(c2)C(C)(C)CC(=O)N3C(C)C)cc1. The lowest BCUT2D eigenvalue weighted by atomic mass is 9.76. The lowest BCUT2D eigenvalue weighted by molar-refractivity contribution is -0.120. The highest BCUT2D eigenvalue weighted by Crippen LogP contribution is 2.42. The highest BCUT2D eigenvalue weighted by Gasteiger charge is 2.37. The normalized spacial score (nSPS) is 15.4. The molecule has 0 bridgehead atoms. The van der Waals surface area contributed by atoms with Crippen molar-refractivity contribution in [3.05, 3.63) is 53.6 Å². The zero-order valence-corrected chi connectivity index (χ0v) is 17.2. The molecular formula is C23H28N2O3. The second-order valence-corrected chi connectivity index (χ2v) is 8.07. The minimum absolute atomic E-state index is 0.122. The molecule has 2 aromatic carbocycles. The van der Waals surface area contributed by atoms with E-state index in [1.54, 1.807) is 19.1 Å². The van der Waals surface area contributed by atoms with Gasteiger partial charge in [0.25, 0.3) is 0 Å². The van der Waals surface area contributed by atoms with Gasteiger partial charge in [-0.15, -0.1) is 0 Å². The molecule has 0 radical (unpaired) electrons. The van der Waals surface area contributed by atoms with Crippen LogP contribution in [0, 0.1) is 0 Å². The van der Waals surface area contributed by atoms with Crippen LogP contribution in [0.5, 0.6) is 0 Å². The van der Waals surface area contributed by atoms with Crippen LogP contribution >= 0.6 is 0 Å². The molecule has 0 spiro atoms. The summed E-state index contributed by atoms with van der Waals surface area (Å²) in [6.07, 6.45) is 0.496. The lowest BCUT2D eigenvalue weighted by Crippen LogP contribution is -2.45. The summed E-state index contributed by atoms with van der Waals surface area (Å²) in [5.41, 5.74) is 4.30. The van der Waals surface area contributed by atoms with E-state index in [0.29, 0.717) is 18.6 Å². The van der Waals surface area contributed by atoms with Crippen LogP contribution < -0.4 is 10.2 Å². The molecule has 3 rings (SSSR count). The molecule has 1 N–H and O–H groups in total. The second kappa shape index (κ2) is 7.66. The predicted molar refractivity (Wildman–Crippen MR) is 112 cm³/mol. The lowest BCUT2D eigenvalue weighted by Gasteiger charge is -2.40. The van der Waals surface area contributed by atoms with Gasteiger partial charge in [0.05, 0.1) is 12.2 Å². The monoisotopic (exact) mass is 380 g/mol. The molecule has 5 heteroatoms. The first-order valence-corrected chi connectivity index (χ1v) is 9.73. The summed E-state index contributed by atoms with van der Waals surface area (Å²) in [7, 11) is 0. The highest BCUT2D eigenvalue weighted by atomic mass is 16.5. The Morgan fingerprint density at radius 1 is 1.14 bits per heavy atom. The maximum absolute atomic E-state index is 12.6. The van der Waals surface area contributed by atoms with E-state index in [-0.39, 0.29) is 23.3 Å². The van der Waals surface area contributed by atoms with Gasteiger partial charge in [-0.1, -0.05) is 13.8 Å². The molecule has 1 aliphatic rings. The maximum atomic E-state index is 12.6. The Labute approximate surface area is 166 Å².